The molecule has 96 valence electrons. The third kappa shape index (κ3) is 2.19. The predicted molar refractivity (Wildman–Crippen MR) is 69.4 cm³/mol. The number of halogens is 2. The third-order valence-electron chi connectivity index (χ3n) is 4.89. The van der Waals surface area contributed by atoms with Crippen molar-refractivity contribution >= 4 is 29.1 Å². The lowest BCUT2D eigenvalue weighted by Gasteiger charge is -2.60. The SMILES string of the molecule is O=C(CCl)NCC12CC3CC(CC(Cl)(C3)C1)C2. The van der Waals surface area contributed by atoms with Gasteiger partial charge < -0.3 is 5.32 Å². The van der Waals surface area contributed by atoms with Crippen LogP contribution < -0.4 is 5.32 Å². The zero-order valence-electron chi connectivity index (χ0n) is 9.98. The highest BCUT2D eigenvalue weighted by Gasteiger charge is 2.56. The Bertz CT molecular complexity index is 330. The van der Waals surface area contributed by atoms with Crippen molar-refractivity contribution in [3.63, 3.8) is 0 Å². The Balaban J connectivity index is 1.72. The Kier molecular flexibility index (Phi) is 2.87. The van der Waals surface area contributed by atoms with Crippen LogP contribution >= 0.6 is 23.2 Å². The molecule has 0 aromatic rings. The summed E-state index contributed by atoms with van der Waals surface area (Å²) in [7, 11) is 0. The van der Waals surface area contributed by atoms with Gasteiger partial charge in [0.2, 0.25) is 5.91 Å². The average molecular weight is 276 g/mol. The molecule has 4 fully saturated rings. The lowest BCUT2D eigenvalue weighted by Crippen LogP contribution is -2.56. The van der Waals surface area contributed by atoms with Crippen molar-refractivity contribution in [2.75, 3.05) is 12.4 Å². The van der Waals surface area contributed by atoms with Crippen LogP contribution in [-0.4, -0.2) is 23.2 Å². The molecule has 1 amide bonds. The van der Waals surface area contributed by atoms with E-state index in [1.807, 2.05) is 0 Å². The molecule has 0 aliphatic heterocycles. The number of hydrogen-bond acceptors (Lipinski definition) is 1. The second kappa shape index (κ2) is 4.03. The molecule has 4 bridgehead atoms. The maximum Gasteiger partial charge on any atom is 0.234 e. The molecule has 0 aromatic carbocycles. The summed E-state index contributed by atoms with van der Waals surface area (Å²) in [5.74, 6) is 1.60. The molecule has 4 aliphatic rings. The smallest absolute Gasteiger partial charge is 0.234 e. The summed E-state index contributed by atoms with van der Waals surface area (Å²) in [5.41, 5.74) is 0.271. The first-order chi connectivity index (χ1) is 8.03. The minimum absolute atomic E-state index is 0.0375. The van der Waals surface area contributed by atoms with Crippen molar-refractivity contribution in [3.05, 3.63) is 0 Å². The van der Waals surface area contributed by atoms with Crippen LogP contribution in [-0.2, 0) is 4.79 Å². The van der Waals surface area contributed by atoms with Gasteiger partial charge in [-0.3, -0.25) is 4.79 Å². The second-order valence-electron chi connectivity index (χ2n) is 6.52. The van der Waals surface area contributed by atoms with Gasteiger partial charge in [0, 0.05) is 11.4 Å². The molecule has 0 saturated heterocycles. The van der Waals surface area contributed by atoms with Gasteiger partial charge in [0.1, 0.15) is 5.88 Å². The molecule has 2 atom stereocenters. The van der Waals surface area contributed by atoms with E-state index in [2.05, 4.69) is 5.32 Å². The fourth-order valence-corrected chi connectivity index (χ4v) is 5.69. The summed E-state index contributed by atoms with van der Waals surface area (Å²) in [6.07, 6.45) is 7.32. The minimum Gasteiger partial charge on any atom is -0.355 e. The molecular weight excluding hydrogens is 257 g/mol. The average Bonchev–Trinajstić information content (AvgIpc) is 2.22. The fourth-order valence-electron chi connectivity index (χ4n) is 4.88. The largest absolute Gasteiger partial charge is 0.355 e. The summed E-state index contributed by atoms with van der Waals surface area (Å²) >= 11 is 12.3. The minimum atomic E-state index is -0.0500. The molecule has 1 N–H and O–H groups in total. The Morgan fingerprint density at radius 3 is 2.41 bits per heavy atom. The Morgan fingerprint density at radius 1 is 1.24 bits per heavy atom. The van der Waals surface area contributed by atoms with Crippen molar-refractivity contribution in [3.8, 4) is 0 Å². The molecule has 0 spiro atoms. The lowest BCUT2D eigenvalue weighted by atomic mass is 9.49. The molecule has 0 aromatic heterocycles. The van der Waals surface area contributed by atoms with Crippen molar-refractivity contribution in [2.45, 2.75) is 43.4 Å². The molecule has 2 unspecified atom stereocenters. The molecule has 4 rings (SSSR count). The van der Waals surface area contributed by atoms with Gasteiger partial charge in [0.15, 0.2) is 0 Å². The van der Waals surface area contributed by atoms with E-state index >= 15 is 0 Å². The highest BCUT2D eigenvalue weighted by molar-refractivity contribution is 6.27. The molecule has 2 nitrogen and oxygen atoms in total. The van der Waals surface area contributed by atoms with E-state index in [0.717, 1.165) is 24.8 Å². The maximum absolute atomic E-state index is 11.3. The van der Waals surface area contributed by atoms with E-state index in [4.69, 9.17) is 23.2 Å². The van der Waals surface area contributed by atoms with Gasteiger partial charge in [-0.15, -0.1) is 23.2 Å². The monoisotopic (exact) mass is 275 g/mol. The molecule has 4 aliphatic carbocycles. The first-order valence-electron chi connectivity index (χ1n) is 6.54. The van der Waals surface area contributed by atoms with E-state index in [9.17, 15) is 4.79 Å². The number of carbonyl (C=O) groups excluding carboxylic acids is 1. The molecule has 17 heavy (non-hydrogen) atoms. The summed E-state index contributed by atoms with van der Waals surface area (Å²) < 4.78 is 0. The van der Waals surface area contributed by atoms with Crippen molar-refractivity contribution in [2.24, 2.45) is 17.3 Å². The topological polar surface area (TPSA) is 29.1 Å². The summed E-state index contributed by atoms with van der Waals surface area (Å²) in [6, 6.07) is 0. The number of carbonyl (C=O) groups is 1. The van der Waals surface area contributed by atoms with Crippen LogP contribution in [0.5, 0.6) is 0 Å². The molecule has 4 saturated carbocycles. The molecular formula is C13H19Cl2NO. The predicted octanol–water partition coefficient (Wildman–Crippen LogP) is 2.92. The molecule has 4 heteroatoms. The summed E-state index contributed by atoms with van der Waals surface area (Å²) in [4.78, 5) is 11.3. The van der Waals surface area contributed by atoms with Crippen LogP contribution in [0.15, 0.2) is 0 Å². The first kappa shape index (κ1) is 12.1. The van der Waals surface area contributed by atoms with Gasteiger partial charge in [0.25, 0.3) is 0 Å². The maximum atomic E-state index is 11.3. The van der Waals surface area contributed by atoms with E-state index in [1.165, 1.54) is 32.1 Å². The molecule has 0 radical (unpaired) electrons. The quantitative estimate of drug-likeness (QED) is 0.789. The Morgan fingerprint density at radius 2 is 1.88 bits per heavy atom. The van der Waals surface area contributed by atoms with Crippen LogP contribution in [0.25, 0.3) is 0 Å². The van der Waals surface area contributed by atoms with Crippen molar-refractivity contribution < 1.29 is 4.79 Å². The van der Waals surface area contributed by atoms with Gasteiger partial charge >= 0.3 is 0 Å². The van der Waals surface area contributed by atoms with E-state index in [-0.39, 0.29) is 22.1 Å². The number of nitrogens with one attached hydrogen (secondary N) is 1. The van der Waals surface area contributed by atoms with Gasteiger partial charge in [-0.25, -0.2) is 0 Å². The van der Waals surface area contributed by atoms with Gasteiger partial charge in [-0.05, 0) is 55.8 Å². The lowest BCUT2D eigenvalue weighted by molar-refractivity contribution is -0.120. The van der Waals surface area contributed by atoms with Crippen LogP contribution in [0.2, 0.25) is 0 Å². The van der Waals surface area contributed by atoms with Crippen LogP contribution in [0.3, 0.4) is 0 Å². The third-order valence-corrected chi connectivity index (χ3v) is 5.58. The van der Waals surface area contributed by atoms with E-state index in [0.29, 0.717) is 0 Å². The Labute approximate surface area is 112 Å². The number of hydrogen-bond donors (Lipinski definition) is 1. The highest BCUT2D eigenvalue weighted by Crippen LogP contribution is 2.63. The number of alkyl halides is 2. The fraction of sp³-hybridized carbons (Fsp3) is 0.923. The van der Waals surface area contributed by atoms with E-state index < -0.39 is 0 Å². The normalized spacial score (nSPS) is 47.2. The summed E-state index contributed by atoms with van der Waals surface area (Å²) in [6.45, 7) is 0.778. The van der Waals surface area contributed by atoms with Gasteiger partial charge in [-0.2, -0.15) is 0 Å². The number of rotatable bonds is 3. The standard InChI is InChI=1S/C13H19Cl2NO/c14-6-11(17)16-8-12-2-9-1-10(3-12)5-13(15,4-9)7-12/h9-10H,1-8H2,(H,16,17). The van der Waals surface area contributed by atoms with E-state index in [1.54, 1.807) is 0 Å². The Hall–Kier alpha value is 0.0500. The second-order valence-corrected chi connectivity index (χ2v) is 7.59. The molecule has 0 heterocycles. The van der Waals surface area contributed by atoms with Crippen LogP contribution in [0.4, 0.5) is 0 Å². The van der Waals surface area contributed by atoms with Crippen LogP contribution in [0, 0.1) is 17.3 Å². The zero-order valence-corrected chi connectivity index (χ0v) is 11.5. The van der Waals surface area contributed by atoms with Crippen molar-refractivity contribution in [1.82, 2.24) is 5.32 Å². The van der Waals surface area contributed by atoms with Gasteiger partial charge in [0.05, 0.1) is 0 Å². The van der Waals surface area contributed by atoms with Gasteiger partial charge in [-0.1, -0.05) is 0 Å². The first-order valence-corrected chi connectivity index (χ1v) is 7.45. The zero-order chi connectivity index (χ0) is 12.1. The van der Waals surface area contributed by atoms with Crippen molar-refractivity contribution in [1.29, 1.82) is 0 Å². The van der Waals surface area contributed by atoms with Crippen LogP contribution in [0.1, 0.15) is 38.5 Å². The number of amides is 1. The summed E-state index contributed by atoms with van der Waals surface area (Å²) in [5, 5.41) is 2.98. The highest BCUT2D eigenvalue weighted by atomic mass is 35.5.